The van der Waals surface area contributed by atoms with Crippen molar-refractivity contribution in [2.75, 3.05) is 12.3 Å². The van der Waals surface area contributed by atoms with Crippen molar-refractivity contribution in [2.45, 2.75) is 12.6 Å². The maximum atomic E-state index is 13.6. The molecule has 0 saturated heterocycles. The highest BCUT2D eigenvalue weighted by atomic mass is 19.4. The molecule has 0 spiro atoms. The normalized spacial score (nSPS) is 14.0. The SMILES string of the molecule is Nc1cccc(-n2cc(-c3ccc4c(c3)CCNC4=O)c(C(F)(F)F)n2)c1. The van der Waals surface area contributed by atoms with E-state index in [9.17, 15) is 18.0 Å². The molecule has 27 heavy (non-hydrogen) atoms. The molecule has 2 heterocycles. The summed E-state index contributed by atoms with van der Waals surface area (Å²) in [6, 6.07) is 11.2. The molecule has 0 bridgehead atoms. The molecule has 1 aliphatic heterocycles. The van der Waals surface area contributed by atoms with Gasteiger partial charge in [0.15, 0.2) is 5.69 Å². The zero-order chi connectivity index (χ0) is 19.2. The maximum absolute atomic E-state index is 13.6. The fourth-order valence-electron chi connectivity index (χ4n) is 3.19. The van der Waals surface area contributed by atoms with Crippen molar-refractivity contribution in [1.82, 2.24) is 15.1 Å². The number of halogens is 3. The summed E-state index contributed by atoms with van der Waals surface area (Å²) in [5.74, 6) is -0.214. The number of amides is 1. The van der Waals surface area contributed by atoms with Crippen molar-refractivity contribution in [3.05, 3.63) is 65.5 Å². The Bertz CT molecular complexity index is 1040. The lowest BCUT2D eigenvalue weighted by Crippen LogP contribution is -2.31. The lowest BCUT2D eigenvalue weighted by atomic mass is 9.95. The van der Waals surface area contributed by atoms with Crippen molar-refractivity contribution in [3.8, 4) is 16.8 Å². The Balaban J connectivity index is 1.86. The number of fused-ring (bicyclic) bond motifs is 1. The largest absolute Gasteiger partial charge is 0.435 e. The third-order valence-electron chi connectivity index (χ3n) is 4.46. The molecule has 1 aromatic heterocycles. The first-order valence-electron chi connectivity index (χ1n) is 8.27. The molecule has 3 aromatic rings. The summed E-state index contributed by atoms with van der Waals surface area (Å²) < 4.78 is 41.9. The Morgan fingerprint density at radius 3 is 2.67 bits per heavy atom. The maximum Gasteiger partial charge on any atom is 0.435 e. The van der Waals surface area contributed by atoms with E-state index in [1.54, 1.807) is 36.4 Å². The summed E-state index contributed by atoms with van der Waals surface area (Å²) in [6.45, 7) is 0.462. The summed E-state index contributed by atoms with van der Waals surface area (Å²) in [4.78, 5) is 11.9. The lowest BCUT2D eigenvalue weighted by Gasteiger charge is -2.17. The van der Waals surface area contributed by atoms with Crippen LogP contribution in [0.15, 0.2) is 48.7 Å². The van der Waals surface area contributed by atoms with Crippen LogP contribution in [0, 0.1) is 0 Å². The van der Waals surface area contributed by atoms with Gasteiger partial charge in [0.1, 0.15) is 0 Å². The molecule has 1 amide bonds. The number of nitrogen functional groups attached to an aromatic ring is 1. The minimum atomic E-state index is -4.62. The third-order valence-corrected chi connectivity index (χ3v) is 4.46. The molecule has 0 saturated carbocycles. The third kappa shape index (κ3) is 3.14. The van der Waals surface area contributed by atoms with Gasteiger partial charge in [-0.3, -0.25) is 4.79 Å². The van der Waals surface area contributed by atoms with Crippen LogP contribution in [0.4, 0.5) is 18.9 Å². The van der Waals surface area contributed by atoms with E-state index in [1.165, 1.54) is 16.9 Å². The highest BCUT2D eigenvalue weighted by molar-refractivity contribution is 5.97. The van der Waals surface area contributed by atoms with E-state index < -0.39 is 11.9 Å². The summed E-state index contributed by atoms with van der Waals surface area (Å²) >= 11 is 0. The van der Waals surface area contributed by atoms with Gasteiger partial charge < -0.3 is 11.1 Å². The van der Waals surface area contributed by atoms with Crippen molar-refractivity contribution in [2.24, 2.45) is 0 Å². The Morgan fingerprint density at radius 1 is 1.11 bits per heavy atom. The Labute approximate surface area is 152 Å². The number of hydrogen-bond donors (Lipinski definition) is 2. The average molecular weight is 372 g/mol. The molecule has 4 rings (SSSR count). The summed E-state index contributed by atoms with van der Waals surface area (Å²) in [6.07, 6.45) is -2.71. The van der Waals surface area contributed by atoms with Gasteiger partial charge in [-0.25, -0.2) is 4.68 Å². The molecule has 0 radical (unpaired) electrons. The van der Waals surface area contributed by atoms with Crippen LogP contribution in [0.5, 0.6) is 0 Å². The number of rotatable bonds is 2. The van der Waals surface area contributed by atoms with Gasteiger partial charge in [0.05, 0.1) is 5.69 Å². The van der Waals surface area contributed by atoms with E-state index in [0.717, 1.165) is 5.56 Å². The topological polar surface area (TPSA) is 72.9 Å². The minimum absolute atomic E-state index is 0.0429. The smallest absolute Gasteiger partial charge is 0.399 e. The zero-order valence-corrected chi connectivity index (χ0v) is 14.0. The second-order valence-electron chi connectivity index (χ2n) is 6.31. The van der Waals surface area contributed by atoms with E-state index in [2.05, 4.69) is 10.4 Å². The van der Waals surface area contributed by atoms with Crippen LogP contribution < -0.4 is 11.1 Å². The number of carbonyl (C=O) groups is 1. The van der Waals surface area contributed by atoms with E-state index in [4.69, 9.17) is 5.73 Å². The summed E-state index contributed by atoms with van der Waals surface area (Å²) in [5, 5.41) is 6.47. The Morgan fingerprint density at radius 2 is 1.93 bits per heavy atom. The van der Waals surface area contributed by atoms with Crippen LogP contribution >= 0.6 is 0 Å². The Kier molecular flexibility index (Phi) is 3.91. The summed E-state index contributed by atoms with van der Waals surface area (Å²) in [5.41, 5.74) is 7.14. The number of anilines is 1. The van der Waals surface area contributed by atoms with E-state index >= 15 is 0 Å². The first kappa shape index (κ1) is 17.1. The van der Waals surface area contributed by atoms with E-state index in [-0.39, 0.29) is 11.5 Å². The zero-order valence-electron chi connectivity index (χ0n) is 14.0. The van der Waals surface area contributed by atoms with Crippen LogP contribution in [0.25, 0.3) is 16.8 Å². The quantitative estimate of drug-likeness (QED) is 0.677. The van der Waals surface area contributed by atoms with Gasteiger partial charge in [-0.1, -0.05) is 18.2 Å². The molecule has 1 aliphatic rings. The van der Waals surface area contributed by atoms with Crippen molar-refractivity contribution >= 4 is 11.6 Å². The minimum Gasteiger partial charge on any atom is -0.399 e. The van der Waals surface area contributed by atoms with Crippen molar-refractivity contribution in [1.29, 1.82) is 0 Å². The van der Waals surface area contributed by atoms with Crippen LogP contribution in [-0.2, 0) is 12.6 Å². The average Bonchev–Trinajstić information content (AvgIpc) is 3.07. The number of aromatic nitrogens is 2. The number of nitrogens with zero attached hydrogens (tertiary/aromatic N) is 2. The van der Waals surface area contributed by atoms with Crippen LogP contribution in [0.2, 0.25) is 0 Å². The molecule has 2 aromatic carbocycles. The Hall–Kier alpha value is -3.29. The van der Waals surface area contributed by atoms with Crippen molar-refractivity contribution < 1.29 is 18.0 Å². The van der Waals surface area contributed by atoms with Crippen LogP contribution in [-0.4, -0.2) is 22.2 Å². The predicted molar refractivity (Wildman–Crippen MR) is 94.5 cm³/mol. The highest BCUT2D eigenvalue weighted by Crippen LogP contribution is 2.37. The first-order valence-corrected chi connectivity index (χ1v) is 8.27. The molecule has 0 atom stereocenters. The second kappa shape index (κ2) is 6.15. The van der Waals surface area contributed by atoms with E-state index in [1.807, 2.05) is 0 Å². The molecule has 138 valence electrons. The van der Waals surface area contributed by atoms with Crippen LogP contribution in [0.1, 0.15) is 21.6 Å². The van der Waals surface area contributed by atoms with Gasteiger partial charge in [-0.2, -0.15) is 18.3 Å². The molecule has 8 heteroatoms. The number of hydrogen-bond acceptors (Lipinski definition) is 3. The standard InChI is InChI=1S/C19H15F3N4O/c20-19(21,22)17-16(10-26(25-17)14-3-1-2-13(23)9-14)11-4-5-15-12(8-11)6-7-24-18(15)27/h1-5,8-10H,6-7,23H2,(H,24,27). The first-order chi connectivity index (χ1) is 12.8. The monoisotopic (exact) mass is 372 g/mol. The van der Waals surface area contributed by atoms with Crippen LogP contribution in [0.3, 0.4) is 0 Å². The molecular formula is C19H15F3N4O. The molecular weight excluding hydrogens is 357 g/mol. The number of nitrogens with two attached hydrogens (primary N) is 1. The van der Waals surface area contributed by atoms with Gasteiger partial charge in [0.25, 0.3) is 5.91 Å². The van der Waals surface area contributed by atoms with Gasteiger partial charge >= 0.3 is 6.18 Å². The second-order valence-corrected chi connectivity index (χ2v) is 6.31. The molecule has 0 unspecified atom stereocenters. The highest BCUT2D eigenvalue weighted by Gasteiger charge is 2.38. The lowest BCUT2D eigenvalue weighted by molar-refractivity contribution is -0.140. The fraction of sp³-hybridized carbons (Fsp3) is 0.158. The number of carbonyl (C=O) groups excluding carboxylic acids is 1. The number of nitrogens with one attached hydrogen (secondary N) is 1. The van der Waals surface area contributed by atoms with Gasteiger partial charge in [-0.15, -0.1) is 0 Å². The van der Waals surface area contributed by atoms with Gasteiger partial charge in [0.2, 0.25) is 0 Å². The molecule has 5 nitrogen and oxygen atoms in total. The number of alkyl halides is 3. The number of benzene rings is 2. The molecule has 0 aliphatic carbocycles. The van der Waals surface area contributed by atoms with Crippen molar-refractivity contribution in [3.63, 3.8) is 0 Å². The summed E-state index contributed by atoms with van der Waals surface area (Å²) in [7, 11) is 0. The molecule has 3 N–H and O–H groups in total. The predicted octanol–water partition coefficient (Wildman–Crippen LogP) is 3.43. The molecule has 0 fully saturated rings. The fourth-order valence-corrected chi connectivity index (χ4v) is 3.19. The van der Waals surface area contributed by atoms with Gasteiger partial charge in [0, 0.05) is 29.6 Å². The van der Waals surface area contributed by atoms with Gasteiger partial charge in [-0.05, 0) is 41.8 Å². The van der Waals surface area contributed by atoms with E-state index in [0.29, 0.717) is 35.5 Å².